The summed E-state index contributed by atoms with van der Waals surface area (Å²) >= 11 is 0. The molecule has 0 amide bonds. The molecule has 0 saturated carbocycles. The molecule has 2 aromatic carbocycles. The molecule has 2 aromatic heterocycles. The van der Waals surface area contributed by atoms with Crippen LogP contribution in [0.4, 0.5) is 0 Å². The van der Waals surface area contributed by atoms with Crippen LogP contribution in [-0.2, 0) is 26.2 Å². The van der Waals surface area contributed by atoms with Crippen molar-refractivity contribution in [2.45, 2.75) is 33.1 Å². The van der Waals surface area contributed by atoms with Gasteiger partial charge in [-0.1, -0.05) is 36.4 Å². The van der Waals surface area contributed by atoms with Gasteiger partial charge in [0.15, 0.2) is 0 Å². The Morgan fingerprint density at radius 2 is 1.77 bits per heavy atom. The molecule has 6 nitrogen and oxygen atoms in total. The van der Waals surface area contributed by atoms with Crippen LogP contribution < -0.4 is 5.32 Å². The Bertz CT molecular complexity index is 969. The Morgan fingerprint density at radius 1 is 0.962 bits per heavy atom. The highest BCUT2D eigenvalue weighted by Crippen LogP contribution is 2.16. The van der Waals surface area contributed by atoms with Gasteiger partial charge in [-0.3, -0.25) is 0 Å². The lowest BCUT2D eigenvalue weighted by Crippen LogP contribution is -2.16. The normalized spacial score (nSPS) is 11.3. The van der Waals surface area contributed by atoms with Crippen molar-refractivity contribution in [3.8, 4) is 0 Å². The molecule has 4 aromatic rings. The minimum Gasteiger partial charge on any atom is -0.327 e. The number of aromatic nitrogens is 5. The van der Waals surface area contributed by atoms with Gasteiger partial charge in [0.05, 0.1) is 24.1 Å². The summed E-state index contributed by atoms with van der Waals surface area (Å²) in [6, 6.07) is 16.9. The highest BCUT2D eigenvalue weighted by molar-refractivity contribution is 5.75. The number of aryl methyl sites for hydroxylation is 1. The van der Waals surface area contributed by atoms with E-state index in [1.165, 1.54) is 16.6 Å². The molecule has 0 aliphatic carbocycles. The number of benzene rings is 2. The fourth-order valence-electron chi connectivity index (χ4n) is 3.20. The van der Waals surface area contributed by atoms with Crippen LogP contribution >= 0.6 is 0 Å². The van der Waals surface area contributed by atoms with E-state index in [-0.39, 0.29) is 0 Å². The first kappa shape index (κ1) is 16.5. The summed E-state index contributed by atoms with van der Waals surface area (Å²) < 4.78 is 4.09. The van der Waals surface area contributed by atoms with Crippen molar-refractivity contribution in [3.05, 3.63) is 78.1 Å². The molecule has 6 heteroatoms. The lowest BCUT2D eigenvalue weighted by atomic mass is 10.1. The van der Waals surface area contributed by atoms with Crippen molar-refractivity contribution in [1.29, 1.82) is 0 Å². The predicted molar refractivity (Wildman–Crippen MR) is 102 cm³/mol. The molecule has 1 N–H and O–H groups in total. The number of nitrogens with zero attached hydrogens (tertiary/aromatic N) is 5. The topological polar surface area (TPSA) is 60.6 Å². The van der Waals surface area contributed by atoms with Gasteiger partial charge < -0.3 is 9.88 Å². The third kappa shape index (κ3) is 3.50. The zero-order valence-electron chi connectivity index (χ0n) is 14.8. The standard InChI is InChI=1S/C20H22N6/c1-2-26-19-6-4-3-5-18(19)24-20(26)12-21-11-16-7-9-17(10-8-16)13-25-15-22-14-23-25/h3-10,14-15,21H,2,11-13H2,1H3. The van der Waals surface area contributed by atoms with E-state index in [0.29, 0.717) is 0 Å². The lowest BCUT2D eigenvalue weighted by molar-refractivity contribution is 0.620. The third-order valence-corrected chi connectivity index (χ3v) is 4.50. The first-order valence-electron chi connectivity index (χ1n) is 8.88. The van der Waals surface area contributed by atoms with Gasteiger partial charge in [-0.25, -0.2) is 14.6 Å². The smallest absolute Gasteiger partial charge is 0.137 e. The SMILES string of the molecule is CCn1c(CNCc2ccc(Cn3cncn3)cc2)nc2ccccc21. The van der Waals surface area contributed by atoms with Gasteiger partial charge in [-0.05, 0) is 30.2 Å². The Kier molecular flexibility index (Phi) is 4.75. The van der Waals surface area contributed by atoms with Crippen LogP contribution in [0.2, 0.25) is 0 Å². The molecule has 132 valence electrons. The number of imidazole rings is 1. The molecule has 0 unspecified atom stereocenters. The van der Waals surface area contributed by atoms with Crippen molar-refractivity contribution in [2.75, 3.05) is 0 Å². The van der Waals surface area contributed by atoms with Crippen molar-refractivity contribution in [3.63, 3.8) is 0 Å². The Balaban J connectivity index is 1.37. The minimum atomic E-state index is 0.744. The van der Waals surface area contributed by atoms with E-state index in [4.69, 9.17) is 4.98 Å². The second kappa shape index (κ2) is 7.49. The summed E-state index contributed by atoms with van der Waals surface area (Å²) in [5, 5.41) is 7.64. The van der Waals surface area contributed by atoms with Crippen molar-refractivity contribution in [2.24, 2.45) is 0 Å². The van der Waals surface area contributed by atoms with Crippen molar-refractivity contribution >= 4 is 11.0 Å². The van der Waals surface area contributed by atoms with Crippen LogP contribution in [0, 0.1) is 0 Å². The molecular formula is C20H22N6. The average Bonchev–Trinajstić information content (AvgIpc) is 3.30. The van der Waals surface area contributed by atoms with Crippen LogP contribution in [0.25, 0.3) is 11.0 Å². The number of rotatable bonds is 7. The van der Waals surface area contributed by atoms with E-state index in [1.807, 2.05) is 10.7 Å². The fourth-order valence-corrected chi connectivity index (χ4v) is 3.20. The van der Waals surface area contributed by atoms with Crippen LogP contribution in [0.15, 0.2) is 61.2 Å². The number of para-hydroxylation sites is 2. The van der Waals surface area contributed by atoms with E-state index in [2.05, 4.69) is 69.4 Å². The molecule has 0 aliphatic rings. The summed E-state index contributed by atoms with van der Waals surface area (Å²) in [5.41, 5.74) is 4.73. The number of hydrogen-bond acceptors (Lipinski definition) is 4. The maximum atomic E-state index is 4.76. The highest BCUT2D eigenvalue weighted by atomic mass is 15.3. The Labute approximate surface area is 152 Å². The average molecular weight is 346 g/mol. The van der Waals surface area contributed by atoms with Crippen molar-refractivity contribution in [1.82, 2.24) is 29.6 Å². The maximum absolute atomic E-state index is 4.76. The van der Waals surface area contributed by atoms with Gasteiger partial charge >= 0.3 is 0 Å². The van der Waals surface area contributed by atoms with Gasteiger partial charge in [0.2, 0.25) is 0 Å². The summed E-state index contributed by atoms with van der Waals surface area (Å²) in [4.78, 5) is 8.72. The minimum absolute atomic E-state index is 0.744. The van der Waals surface area contributed by atoms with Gasteiger partial charge in [-0.2, -0.15) is 5.10 Å². The van der Waals surface area contributed by atoms with E-state index in [9.17, 15) is 0 Å². The van der Waals surface area contributed by atoms with Crippen LogP contribution in [0.3, 0.4) is 0 Å². The first-order chi connectivity index (χ1) is 12.8. The monoisotopic (exact) mass is 346 g/mol. The summed E-state index contributed by atoms with van der Waals surface area (Å²) in [5.74, 6) is 1.08. The van der Waals surface area contributed by atoms with Gasteiger partial charge in [0, 0.05) is 13.1 Å². The van der Waals surface area contributed by atoms with Crippen LogP contribution in [-0.4, -0.2) is 24.3 Å². The van der Waals surface area contributed by atoms with E-state index in [0.717, 1.165) is 37.5 Å². The van der Waals surface area contributed by atoms with Gasteiger partial charge in [0.1, 0.15) is 18.5 Å². The molecule has 26 heavy (non-hydrogen) atoms. The zero-order chi connectivity index (χ0) is 17.8. The number of nitrogens with one attached hydrogen (secondary N) is 1. The van der Waals surface area contributed by atoms with Crippen LogP contribution in [0.1, 0.15) is 23.9 Å². The summed E-state index contributed by atoms with van der Waals surface area (Å²) in [6.45, 7) is 5.40. The fraction of sp³-hybridized carbons (Fsp3) is 0.250. The van der Waals surface area contributed by atoms with Crippen molar-refractivity contribution < 1.29 is 0 Å². The molecule has 0 bridgehead atoms. The summed E-state index contributed by atoms with van der Waals surface area (Å²) in [7, 11) is 0. The van der Waals surface area contributed by atoms with Crippen LogP contribution in [0.5, 0.6) is 0 Å². The molecule has 0 fully saturated rings. The number of hydrogen-bond donors (Lipinski definition) is 1. The molecule has 0 aliphatic heterocycles. The molecule has 0 atom stereocenters. The van der Waals surface area contributed by atoms with E-state index < -0.39 is 0 Å². The second-order valence-electron chi connectivity index (χ2n) is 6.27. The molecule has 0 spiro atoms. The quantitative estimate of drug-likeness (QED) is 0.559. The molecule has 4 rings (SSSR count). The predicted octanol–water partition coefficient (Wildman–Crippen LogP) is 2.99. The van der Waals surface area contributed by atoms with E-state index >= 15 is 0 Å². The van der Waals surface area contributed by atoms with E-state index in [1.54, 1.807) is 12.7 Å². The lowest BCUT2D eigenvalue weighted by Gasteiger charge is -2.08. The van der Waals surface area contributed by atoms with Gasteiger partial charge in [0.25, 0.3) is 0 Å². The highest BCUT2D eigenvalue weighted by Gasteiger charge is 2.08. The largest absolute Gasteiger partial charge is 0.327 e. The molecular weight excluding hydrogens is 324 g/mol. The molecule has 0 saturated heterocycles. The number of fused-ring (bicyclic) bond motifs is 1. The molecule has 0 radical (unpaired) electrons. The zero-order valence-corrected chi connectivity index (χ0v) is 14.8. The maximum Gasteiger partial charge on any atom is 0.137 e. The second-order valence-corrected chi connectivity index (χ2v) is 6.27. The Hall–Kier alpha value is -2.99. The summed E-state index contributed by atoms with van der Waals surface area (Å²) in [6.07, 6.45) is 3.29. The Morgan fingerprint density at radius 3 is 2.54 bits per heavy atom. The molecule has 2 heterocycles. The first-order valence-corrected chi connectivity index (χ1v) is 8.88. The van der Waals surface area contributed by atoms with Gasteiger partial charge in [-0.15, -0.1) is 0 Å². The third-order valence-electron chi connectivity index (χ3n) is 4.50.